The van der Waals surface area contributed by atoms with Crippen LogP contribution >= 0.6 is 11.8 Å². The Morgan fingerprint density at radius 1 is 1.60 bits per heavy atom. The monoisotopic (exact) mass is 228 g/mol. The summed E-state index contributed by atoms with van der Waals surface area (Å²) < 4.78 is 12.7. The Hall–Kier alpha value is -1.23. The van der Waals surface area contributed by atoms with E-state index in [2.05, 4.69) is 5.32 Å². The Morgan fingerprint density at radius 3 is 2.93 bits per heavy atom. The molecule has 5 heteroatoms. The molecule has 0 radical (unpaired) electrons. The predicted molar refractivity (Wildman–Crippen MR) is 60.2 cm³/mol. The Bertz CT molecular complexity index is 357. The van der Waals surface area contributed by atoms with Crippen LogP contribution in [-0.4, -0.2) is 18.7 Å². The molecular formula is C10H13FN2OS. The van der Waals surface area contributed by atoms with E-state index < -0.39 is 0 Å². The number of hydrogen-bond acceptors (Lipinski definition) is 3. The Morgan fingerprint density at radius 2 is 2.33 bits per heavy atom. The van der Waals surface area contributed by atoms with Crippen LogP contribution in [0.5, 0.6) is 0 Å². The molecule has 3 nitrogen and oxygen atoms in total. The molecule has 15 heavy (non-hydrogen) atoms. The van der Waals surface area contributed by atoms with E-state index in [4.69, 9.17) is 5.73 Å². The van der Waals surface area contributed by atoms with Crippen LogP contribution in [0.1, 0.15) is 6.42 Å². The molecule has 0 aliphatic carbocycles. The van der Waals surface area contributed by atoms with Crippen molar-refractivity contribution in [2.45, 2.75) is 11.3 Å². The summed E-state index contributed by atoms with van der Waals surface area (Å²) in [6.07, 6.45) is 0.429. The largest absolute Gasteiger partial charge is 0.398 e. The summed E-state index contributed by atoms with van der Waals surface area (Å²) in [5, 5.41) is 2.53. The molecule has 0 atom stereocenters. The molecule has 0 unspecified atom stereocenters. The number of benzene rings is 1. The smallest absolute Gasteiger partial charge is 0.220 e. The number of hydrogen-bond donors (Lipinski definition) is 2. The normalized spacial score (nSPS) is 10.0. The maximum Gasteiger partial charge on any atom is 0.220 e. The molecule has 1 aromatic carbocycles. The van der Waals surface area contributed by atoms with Crippen LogP contribution in [0.2, 0.25) is 0 Å². The lowest BCUT2D eigenvalue weighted by Crippen LogP contribution is -2.17. The highest BCUT2D eigenvalue weighted by Gasteiger charge is 2.03. The fourth-order valence-corrected chi connectivity index (χ4v) is 1.93. The summed E-state index contributed by atoms with van der Waals surface area (Å²) in [6, 6.07) is 4.26. The average Bonchev–Trinajstić information content (AvgIpc) is 2.21. The van der Waals surface area contributed by atoms with E-state index in [0.717, 1.165) is 4.90 Å². The van der Waals surface area contributed by atoms with Crippen LogP contribution in [-0.2, 0) is 4.79 Å². The molecule has 0 heterocycles. The molecule has 3 N–H and O–H groups in total. The van der Waals surface area contributed by atoms with Crippen molar-refractivity contribution in [1.82, 2.24) is 5.32 Å². The molecule has 82 valence electrons. The van der Waals surface area contributed by atoms with Crippen LogP contribution in [0, 0.1) is 5.82 Å². The molecule has 0 aliphatic rings. The Balaban J connectivity index is 2.47. The highest BCUT2D eigenvalue weighted by Crippen LogP contribution is 2.25. The van der Waals surface area contributed by atoms with Gasteiger partial charge in [-0.2, -0.15) is 0 Å². The molecule has 0 bridgehead atoms. The van der Waals surface area contributed by atoms with E-state index in [-0.39, 0.29) is 11.7 Å². The van der Waals surface area contributed by atoms with Gasteiger partial charge in [-0.15, -0.1) is 11.8 Å². The van der Waals surface area contributed by atoms with Crippen molar-refractivity contribution in [1.29, 1.82) is 0 Å². The number of rotatable bonds is 4. The van der Waals surface area contributed by atoms with E-state index in [1.165, 1.54) is 23.9 Å². The second-order valence-corrected chi connectivity index (χ2v) is 4.09. The summed E-state index contributed by atoms with van der Waals surface area (Å²) in [6.45, 7) is 0. The van der Waals surface area contributed by atoms with Gasteiger partial charge in [0.1, 0.15) is 5.82 Å². The van der Waals surface area contributed by atoms with Gasteiger partial charge in [0.2, 0.25) is 5.91 Å². The van der Waals surface area contributed by atoms with Gasteiger partial charge < -0.3 is 11.1 Å². The third-order valence-corrected chi connectivity index (χ3v) is 2.93. The van der Waals surface area contributed by atoms with Gasteiger partial charge in [0.25, 0.3) is 0 Å². The summed E-state index contributed by atoms with van der Waals surface area (Å²) >= 11 is 1.45. The van der Waals surface area contributed by atoms with Gasteiger partial charge in [0, 0.05) is 29.8 Å². The van der Waals surface area contributed by atoms with E-state index >= 15 is 0 Å². The molecule has 1 rings (SSSR count). The van der Waals surface area contributed by atoms with E-state index in [1.54, 1.807) is 13.1 Å². The number of halogens is 1. The quantitative estimate of drug-likeness (QED) is 0.608. The SMILES string of the molecule is CNC(=O)CCSc1ccc(F)cc1N. The van der Waals surface area contributed by atoms with Crippen molar-refractivity contribution in [3.05, 3.63) is 24.0 Å². The molecule has 1 amide bonds. The number of amides is 1. The number of nitrogens with one attached hydrogen (secondary N) is 1. The number of carbonyl (C=O) groups is 1. The van der Waals surface area contributed by atoms with Crippen LogP contribution in [0.4, 0.5) is 10.1 Å². The van der Waals surface area contributed by atoms with Crippen LogP contribution in [0.25, 0.3) is 0 Å². The lowest BCUT2D eigenvalue weighted by Gasteiger charge is -2.04. The molecule has 1 aromatic rings. The van der Waals surface area contributed by atoms with Crippen LogP contribution in [0.3, 0.4) is 0 Å². The molecule has 0 fully saturated rings. The van der Waals surface area contributed by atoms with Crippen LogP contribution < -0.4 is 11.1 Å². The predicted octanol–water partition coefficient (Wildman–Crippen LogP) is 1.64. The molecule has 0 saturated carbocycles. The van der Waals surface area contributed by atoms with Crippen molar-refractivity contribution in [2.75, 3.05) is 18.5 Å². The zero-order valence-electron chi connectivity index (χ0n) is 8.42. The minimum Gasteiger partial charge on any atom is -0.398 e. The lowest BCUT2D eigenvalue weighted by atomic mass is 10.3. The zero-order chi connectivity index (χ0) is 11.3. The third kappa shape index (κ3) is 3.79. The molecule has 0 saturated heterocycles. The maximum absolute atomic E-state index is 12.7. The van der Waals surface area contributed by atoms with Crippen molar-refractivity contribution in [2.24, 2.45) is 0 Å². The second-order valence-electron chi connectivity index (χ2n) is 2.95. The minimum atomic E-state index is -0.344. The van der Waals surface area contributed by atoms with Gasteiger partial charge in [0.05, 0.1) is 0 Å². The minimum absolute atomic E-state index is 0.0109. The summed E-state index contributed by atoms with van der Waals surface area (Å²) in [7, 11) is 1.60. The molecule has 0 aromatic heterocycles. The number of thioether (sulfide) groups is 1. The number of nitrogens with two attached hydrogens (primary N) is 1. The summed E-state index contributed by atoms with van der Waals surface area (Å²) in [4.78, 5) is 11.7. The van der Waals surface area contributed by atoms with Gasteiger partial charge in [-0.3, -0.25) is 4.79 Å². The summed E-state index contributed by atoms with van der Waals surface area (Å²) in [5.41, 5.74) is 6.02. The van der Waals surface area contributed by atoms with Gasteiger partial charge in [0.15, 0.2) is 0 Å². The Labute approximate surface area is 92.2 Å². The third-order valence-electron chi connectivity index (χ3n) is 1.84. The Kier molecular flexibility index (Phi) is 4.42. The molecular weight excluding hydrogens is 215 g/mol. The van der Waals surface area contributed by atoms with Crippen molar-refractivity contribution >= 4 is 23.4 Å². The van der Waals surface area contributed by atoms with E-state index in [1.807, 2.05) is 0 Å². The fraction of sp³-hybridized carbons (Fsp3) is 0.300. The van der Waals surface area contributed by atoms with Gasteiger partial charge in [-0.25, -0.2) is 4.39 Å². The van der Waals surface area contributed by atoms with Crippen molar-refractivity contribution in [3.8, 4) is 0 Å². The van der Waals surface area contributed by atoms with Crippen LogP contribution in [0.15, 0.2) is 23.1 Å². The first kappa shape index (κ1) is 11.8. The lowest BCUT2D eigenvalue weighted by molar-refractivity contribution is -0.120. The topological polar surface area (TPSA) is 55.1 Å². The highest BCUT2D eigenvalue weighted by molar-refractivity contribution is 7.99. The van der Waals surface area contributed by atoms with Crippen molar-refractivity contribution in [3.63, 3.8) is 0 Å². The molecule has 0 spiro atoms. The van der Waals surface area contributed by atoms with E-state index in [0.29, 0.717) is 17.9 Å². The van der Waals surface area contributed by atoms with Gasteiger partial charge >= 0.3 is 0 Å². The zero-order valence-corrected chi connectivity index (χ0v) is 9.23. The molecule has 0 aliphatic heterocycles. The highest BCUT2D eigenvalue weighted by atomic mass is 32.2. The standard InChI is InChI=1S/C10H13FN2OS/c1-13-10(14)4-5-15-9-3-2-7(11)6-8(9)12/h2-3,6H,4-5,12H2,1H3,(H,13,14). The first-order chi connectivity index (χ1) is 7.13. The first-order valence-electron chi connectivity index (χ1n) is 4.52. The average molecular weight is 228 g/mol. The van der Waals surface area contributed by atoms with E-state index in [9.17, 15) is 9.18 Å². The number of carbonyl (C=O) groups excluding carboxylic acids is 1. The summed E-state index contributed by atoms with van der Waals surface area (Å²) in [5.74, 6) is 0.279. The maximum atomic E-state index is 12.7. The number of nitrogen functional groups attached to an aromatic ring is 1. The second kappa shape index (κ2) is 5.60. The van der Waals surface area contributed by atoms with Gasteiger partial charge in [-0.05, 0) is 18.2 Å². The fourth-order valence-electron chi connectivity index (χ4n) is 1.03. The number of anilines is 1. The van der Waals surface area contributed by atoms with Gasteiger partial charge in [-0.1, -0.05) is 0 Å². The first-order valence-corrected chi connectivity index (χ1v) is 5.50. The van der Waals surface area contributed by atoms with Crippen molar-refractivity contribution < 1.29 is 9.18 Å².